The van der Waals surface area contributed by atoms with Gasteiger partial charge in [-0.3, -0.25) is 9.59 Å². The fourth-order valence-corrected chi connectivity index (χ4v) is 4.43. The van der Waals surface area contributed by atoms with E-state index in [1.165, 1.54) is 6.08 Å². The van der Waals surface area contributed by atoms with Gasteiger partial charge in [0.1, 0.15) is 24.0 Å². The molecule has 40 heavy (non-hydrogen) atoms. The number of likely N-dealkylation sites (N-methyl/N-ethyl adjacent to an activating group) is 2. The van der Waals surface area contributed by atoms with E-state index in [1.54, 1.807) is 25.6 Å². The van der Waals surface area contributed by atoms with Crippen LogP contribution in [0.3, 0.4) is 0 Å². The van der Waals surface area contributed by atoms with E-state index in [4.69, 9.17) is 9.72 Å². The van der Waals surface area contributed by atoms with E-state index in [0.29, 0.717) is 34.2 Å². The highest BCUT2D eigenvalue weighted by atomic mass is 16.5. The van der Waals surface area contributed by atoms with Crippen LogP contribution in [0.15, 0.2) is 67.5 Å². The van der Waals surface area contributed by atoms with Crippen LogP contribution in [0.25, 0.3) is 16.7 Å². The van der Waals surface area contributed by atoms with Gasteiger partial charge in [-0.15, -0.1) is 0 Å². The van der Waals surface area contributed by atoms with Crippen LogP contribution in [0, 0.1) is 0 Å². The Morgan fingerprint density at radius 1 is 1.15 bits per heavy atom. The number of hydrogen-bond donors (Lipinski definition) is 2. The zero-order chi connectivity index (χ0) is 28.8. The number of nitrogens with zero attached hydrogens (tertiary/aromatic N) is 5. The second-order valence-electron chi connectivity index (χ2n) is 9.61. The predicted octanol–water partition coefficient (Wildman–Crippen LogP) is 3.32. The Hall–Kier alpha value is -4.54. The molecule has 1 amide bonds. The summed E-state index contributed by atoms with van der Waals surface area (Å²) in [5.41, 5.74) is 3.38. The van der Waals surface area contributed by atoms with Crippen molar-refractivity contribution in [3.63, 3.8) is 0 Å². The second-order valence-corrected chi connectivity index (χ2v) is 9.61. The minimum atomic E-state index is -0.581. The van der Waals surface area contributed by atoms with Crippen LogP contribution in [0.4, 0.5) is 11.4 Å². The van der Waals surface area contributed by atoms with Crippen LogP contribution in [0.1, 0.15) is 21.7 Å². The van der Waals surface area contributed by atoms with E-state index in [-0.39, 0.29) is 18.1 Å². The number of carbonyl (C=O) groups is 2. The average molecular weight is 543 g/mol. The minimum Gasteiger partial charge on any atom is -0.496 e. The lowest BCUT2D eigenvalue weighted by Crippen LogP contribution is -2.28. The number of benzene rings is 2. The minimum absolute atomic E-state index is 0.271. The number of amides is 1. The van der Waals surface area contributed by atoms with E-state index in [1.807, 2.05) is 62.1 Å². The zero-order valence-corrected chi connectivity index (χ0v) is 23.2. The fourth-order valence-electron chi connectivity index (χ4n) is 4.43. The number of anilines is 2. The number of fused-ring (bicyclic) bond motifs is 1. The molecule has 2 aromatic heterocycles. The van der Waals surface area contributed by atoms with Crippen LogP contribution >= 0.6 is 0 Å². The van der Waals surface area contributed by atoms with E-state index < -0.39 is 6.61 Å². The number of nitrogens with one attached hydrogen (secondary N) is 1. The van der Waals surface area contributed by atoms with Gasteiger partial charge >= 0.3 is 0 Å². The number of ether oxygens (including phenoxy) is 1. The summed E-state index contributed by atoms with van der Waals surface area (Å²) < 4.78 is 7.58. The molecule has 0 saturated heterocycles. The van der Waals surface area contributed by atoms with E-state index >= 15 is 0 Å². The predicted molar refractivity (Wildman–Crippen MR) is 157 cm³/mol. The molecule has 0 aliphatic carbocycles. The van der Waals surface area contributed by atoms with Crippen molar-refractivity contribution in [2.45, 2.75) is 6.42 Å². The molecule has 4 aromatic rings. The lowest BCUT2D eigenvalue weighted by Gasteiger charge is -2.24. The van der Waals surface area contributed by atoms with Gasteiger partial charge in [-0.2, -0.15) is 0 Å². The van der Waals surface area contributed by atoms with Gasteiger partial charge in [-0.1, -0.05) is 24.8 Å². The van der Waals surface area contributed by atoms with Gasteiger partial charge in [0.15, 0.2) is 5.78 Å². The van der Waals surface area contributed by atoms with Crippen molar-refractivity contribution in [2.75, 3.05) is 58.2 Å². The van der Waals surface area contributed by atoms with Gasteiger partial charge in [-0.05, 0) is 38.4 Å². The second kappa shape index (κ2) is 12.5. The Morgan fingerprint density at radius 2 is 1.93 bits per heavy atom. The number of aromatic nitrogens is 3. The smallest absolute Gasteiger partial charge is 0.247 e. The van der Waals surface area contributed by atoms with Crippen molar-refractivity contribution in [2.24, 2.45) is 0 Å². The standard InChI is InChI=1S/C30H34N6O4/c1-6-30(39)32-24-15-20(35(4)14-13-34(2)3)16-27(40-5)22(24)17-28-31-12-11-29(33-28)36-18-23(26(38)19-37)21-9-7-8-10-25(21)36/h6-12,15-16,18,37H,1,13-14,17,19H2,2-5H3,(H,32,39). The lowest BCUT2D eigenvalue weighted by atomic mass is 10.1. The first-order valence-electron chi connectivity index (χ1n) is 12.8. The van der Waals surface area contributed by atoms with E-state index in [9.17, 15) is 14.7 Å². The third-order valence-corrected chi connectivity index (χ3v) is 6.61. The van der Waals surface area contributed by atoms with Gasteiger partial charge in [0.25, 0.3) is 0 Å². The van der Waals surface area contributed by atoms with Crippen LogP contribution in [-0.2, 0) is 11.2 Å². The molecule has 0 aliphatic heterocycles. The molecule has 2 heterocycles. The Balaban J connectivity index is 1.75. The topological polar surface area (TPSA) is 113 Å². The first-order chi connectivity index (χ1) is 19.2. The number of methoxy groups -OCH3 is 1. The molecule has 0 bridgehead atoms. The molecule has 10 heteroatoms. The average Bonchev–Trinajstić information content (AvgIpc) is 3.36. The molecular formula is C30H34N6O4. The summed E-state index contributed by atoms with van der Waals surface area (Å²) in [7, 11) is 7.61. The van der Waals surface area contributed by atoms with Crippen molar-refractivity contribution < 1.29 is 19.4 Å². The first kappa shape index (κ1) is 28.5. The SMILES string of the molecule is C=CC(=O)Nc1cc(N(C)CCN(C)C)cc(OC)c1Cc1nccc(-n2cc(C(=O)CO)c3ccccc32)n1. The number of Topliss-reactive ketones (excluding diaryl/α,β-unsaturated/α-hetero) is 1. The number of aliphatic hydroxyl groups excluding tert-OH is 1. The van der Waals surface area contributed by atoms with Crippen molar-refractivity contribution in [1.82, 2.24) is 19.4 Å². The number of ketones is 1. The first-order valence-corrected chi connectivity index (χ1v) is 12.8. The maximum absolute atomic E-state index is 12.4. The molecule has 4 rings (SSSR count). The summed E-state index contributed by atoms with van der Waals surface area (Å²) in [4.78, 5) is 38.2. The Labute approximate surface area is 233 Å². The highest BCUT2D eigenvalue weighted by molar-refractivity contribution is 6.09. The number of rotatable bonds is 12. The Bertz CT molecular complexity index is 1540. The normalized spacial score (nSPS) is 11.1. The van der Waals surface area contributed by atoms with Crippen molar-refractivity contribution in [1.29, 1.82) is 0 Å². The van der Waals surface area contributed by atoms with Gasteiger partial charge in [0.05, 0.1) is 18.3 Å². The van der Waals surface area contributed by atoms with Crippen molar-refractivity contribution in [3.8, 4) is 11.6 Å². The highest BCUT2D eigenvalue weighted by Crippen LogP contribution is 2.34. The van der Waals surface area contributed by atoms with Crippen molar-refractivity contribution in [3.05, 3.63) is 84.5 Å². The summed E-state index contributed by atoms with van der Waals surface area (Å²) in [6, 6.07) is 13.1. The summed E-state index contributed by atoms with van der Waals surface area (Å²) in [5.74, 6) is 0.934. The summed E-state index contributed by atoms with van der Waals surface area (Å²) >= 11 is 0. The molecule has 0 unspecified atom stereocenters. The molecule has 0 fully saturated rings. The zero-order valence-electron chi connectivity index (χ0n) is 23.2. The third kappa shape index (κ3) is 6.19. The molecule has 0 radical (unpaired) electrons. The molecule has 10 nitrogen and oxygen atoms in total. The van der Waals surface area contributed by atoms with Gasteiger partial charge < -0.3 is 29.5 Å². The third-order valence-electron chi connectivity index (χ3n) is 6.61. The van der Waals surface area contributed by atoms with Crippen LogP contribution in [0.2, 0.25) is 0 Å². The van der Waals surface area contributed by atoms with Gasteiger partial charge in [0, 0.05) is 67.2 Å². The van der Waals surface area contributed by atoms with Crippen LogP contribution in [0.5, 0.6) is 5.75 Å². The number of aliphatic hydroxyl groups is 1. The molecule has 0 atom stereocenters. The summed E-state index contributed by atoms with van der Waals surface area (Å²) in [6.45, 7) is 4.64. The molecule has 0 spiro atoms. The van der Waals surface area contributed by atoms with Gasteiger partial charge in [-0.25, -0.2) is 9.97 Å². The quantitative estimate of drug-likeness (QED) is 0.207. The van der Waals surface area contributed by atoms with Crippen LogP contribution < -0.4 is 15.0 Å². The maximum Gasteiger partial charge on any atom is 0.247 e. The van der Waals surface area contributed by atoms with Crippen molar-refractivity contribution >= 4 is 34.0 Å². The molecule has 208 valence electrons. The largest absolute Gasteiger partial charge is 0.496 e. The fraction of sp³-hybridized carbons (Fsp3) is 0.267. The summed E-state index contributed by atoms with van der Waals surface area (Å²) in [5, 5.41) is 13.1. The molecule has 0 aliphatic rings. The monoisotopic (exact) mass is 542 g/mol. The number of para-hydroxylation sites is 1. The van der Waals surface area contributed by atoms with E-state index in [2.05, 4.69) is 26.7 Å². The summed E-state index contributed by atoms with van der Waals surface area (Å²) in [6.07, 6.45) is 4.83. The van der Waals surface area contributed by atoms with E-state index in [0.717, 1.165) is 29.7 Å². The highest BCUT2D eigenvalue weighted by Gasteiger charge is 2.19. The maximum atomic E-state index is 12.4. The van der Waals surface area contributed by atoms with Gasteiger partial charge in [0.2, 0.25) is 5.91 Å². The number of hydrogen-bond acceptors (Lipinski definition) is 8. The molecular weight excluding hydrogens is 508 g/mol. The Morgan fingerprint density at radius 3 is 2.62 bits per heavy atom. The number of carbonyl (C=O) groups excluding carboxylic acids is 2. The Kier molecular flexibility index (Phi) is 8.93. The molecule has 0 saturated carbocycles. The molecule has 2 aromatic carbocycles. The molecule has 2 N–H and O–H groups in total. The lowest BCUT2D eigenvalue weighted by molar-refractivity contribution is -0.111. The van der Waals surface area contributed by atoms with Crippen LogP contribution in [-0.4, -0.2) is 84.2 Å².